The zero-order valence-electron chi connectivity index (χ0n) is 18.6. The van der Waals surface area contributed by atoms with Crippen molar-refractivity contribution in [1.29, 1.82) is 0 Å². The Morgan fingerprint density at radius 3 is 2.22 bits per heavy atom. The normalized spacial score (nSPS) is 14.9. The van der Waals surface area contributed by atoms with Gasteiger partial charge in [0, 0.05) is 33.4 Å². The van der Waals surface area contributed by atoms with E-state index in [1.54, 1.807) is 48.2 Å². The molecule has 2 aromatic rings. The average Bonchev–Trinajstić information content (AvgIpc) is 3.15. The maximum atomic E-state index is 13.0. The third-order valence-electron chi connectivity index (χ3n) is 5.35. The van der Waals surface area contributed by atoms with Gasteiger partial charge in [-0.3, -0.25) is 9.10 Å². The molecule has 32 heavy (non-hydrogen) atoms. The van der Waals surface area contributed by atoms with E-state index in [9.17, 15) is 21.6 Å². The predicted octanol–water partition coefficient (Wildman–Crippen LogP) is 1.69. The van der Waals surface area contributed by atoms with Crippen molar-refractivity contribution in [2.75, 3.05) is 43.1 Å². The minimum Gasteiger partial charge on any atom is -0.481 e. The van der Waals surface area contributed by atoms with Gasteiger partial charge in [-0.2, -0.15) is 0 Å². The number of hydrogen-bond acceptors (Lipinski definition) is 6. The topological polar surface area (TPSA) is 104 Å². The number of fused-ring (bicyclic) bond motifs is 1. The van der Waals surface area contributed by atoms with E-state index in [-0.39, 0.29) is 10.8 Å². The molecule has 1 aliphatic rings. The van der Waals surface area contributed by atoms with Crippen LogP contribution < -0.4 is 13.9 Å². The molecule has 0 radical (unpaired) electrons. The Morgan fingerprint density at radius 2 is 1.66 bits per heavy atom. The molecule has 1 aliphatic heterocycles. The SMILES string of the molecule is C[C@H](Oc1ccc(N(C)S(C)(=O)=O)cc1)C(=O)N1CCc2cc(S(=O)(=O)N(C)C)ccc21. The van der Waals surface area contributed by atoms with E-state index in [0.717, 1.165) is 20.4 Å². The van der Waals surface area contributed by atoms with Crippen LogP contribution in [0.1, 0.15) is 12.5 Å². The molecule has 174 valence electrons. The van der Waals surface area contributed by atoms with Crippen molar-refractivity contribution in [3.63, 3.8) is 0 Å². The third-order valence-corrected chi connectivity index (χ3v) is 8.37. The number of ether oxygens (including phenoxy) is 1. The molecular formula is C21H27N3O6S2. The van der Waals surface area contributed by atoms with Crippen molar-refractivity contribution in [2.45, 2.75) is 24.3 Å². The van der Waals surface area contributed by atoms with Crippen molar-refractivity contribution in [2.24, 2.45) is 0 Å². The van der Waals surface area contributed by atoms with Gasteiger partial charge in [-0.15, -0.1) is 0 Å². The van der Waals surface area contributed by atoms with Crippen molar-refractivity contribution >= 4 is 37.3 Å². The van der Waals surface area contributed by atoms with Crippen LogP contribution in [-0.4, -0.2) is 67.1 Å². The molecule has 0 aromatic heterocycles. The Balaban J connectivity index is 1.73. The molecule has 1 heterocycles. The van der Waals surface area contributed by atoms with Crippen LogP contribution >= 0.6 is 0 Å². The second-order valence-electron chi connectivity index (χ2n) is 7.80. The standard InChI is InChI=1S/C21H27N3O6S2/c1-15(30-18-8-6-17(7-9-18)23(4)31(5,26)27)21(25)24-13-12-16-14-19(10-11-20(16)24)32(28,29)22(2)3/h6-11,14-15H,12-13H2,1-5H3/t15-/m0/s1. The second kappa shape index (κ2) is 8.72. The van der Waals surface area contributed by atoms with Crippen LogP contribution in [0.25, 0.3) is 0 Å². The van der Waals surface area contributed by atoms with Crippen LogP contribution in [0.5, 0.6) is 5.75 Å². The summed E-state index contributed by atoms with van der Waals surface area (Å²) < 4.78 is 56.1. The van der Waals surface area contributed by atoms with E-state index >= 15 is 0 Å². The maximum Gasteiger partial charge on any atom is 0.267 e. The van der Waals surface area contributed by atoms with Crippen molar-refractivity contribution in [1.82, 2.24) is 4.31 Å². The summed E-state index contributed by atoms with van der Waals surface area (Å²) in [6.45, 7) is 2.08. The minimum absolute atomic E-state index is 0.194. The van der Waals surface area contributed by atoms with Gasteiger partial charge in [0.25, 0.3) is 5.91 Å². The summed E-state index contributed by atoms with van der Waals surface area (Å²) in [5.74, 6) is 0.188. The summed E-state index contributed by atoms with van der Waals surface area (Å²) in [6.07, 6.45) is 0.881. The van der Waals surface area contributed by atoms with E-state index < -0.39 is 26.2 Å². The molecule has 0 spiro atoms. The van der Waals surface area contributed by atoms with Crippen LogP contribution in [0.15, 0.2) is 47.4 Å². The number of anilines is 2. The molecule has 11 heteroatoms. The number of rotatable bonds is 7. The van der Waals surface area contributed by atoms with Crippen molar-refractivity contribution in [3.8, 4) is 5.75 Å². The van der Waals surface area contributed by atoms with E-state index in [1.807, 2.05) is 0 Å². The fourth-order valence-corrected chi connectivity index (χ4v) is 4.84. The number of carbonyl (C=O) groups excluding carboxylic acids is 1. The molecule has 0 N–H and O–H groups in total. The maximum absolute atomic E-state index is 13.0. The first kappa shape index (κ1) is 24.0. The van der Waals surface area contributed by atoms with Gasteiger partial charge in [-0.1, -0.05) is 0 Å². The summed E-state index contributed by atoms with van der Waals surface area (Å²) in [4.78, 5) is 14.8. The van der Waals surface area contributed by atoms with Gasteiger partial charge in [0.1, 0.15) is 5.75 Å². The lowest BCUT2D eigenvalue weighted by Crippen LogP contribution is -2.39. The van der Waals surface area contributed by atoms with Crippen LogP contribution in [0.2, 0.25) is 0 Å². The first-order chi connectivity index (χ1) is 14.8. The highest BCUT2D eigenvalue weighted by molar-refractivity contribution is 7.92. The minimum atomic E-state index is -3.55. The Labute approximate surface area is 189 Å². The fraction of sp³-hybridized carbons (Fsp3) is 0.381. The first-order valence-electron chi connectivity index (χ1n) is 9.90. The first-order valence-corrected chi connectivity index (χ1v) is 13.2. The molecule has 1 atom stereocenters. The van der Waals surface area contributed by atoms with Gasteiger partial charge >= 0.3 is 0 Å². The number of nitrogens with zero attached hydrogens (tertiary/aromatic N) is 3. The summed E-state index contributed by atoms with van der Waals surface area (Å²) >= 11 is 0. The van der Waals surface area contributed by atoms with Crippen molar-refractivity contribution in [3.05, 3.63) is 48.0 Å². The molecule has 9 nitrogen and oxygen atoms in total. The Bertz CT molecular complexity index is 1220. The van der Waals surface area contributed by atoms with Gasteiger partial charge in [0.05, 0.1) is 16.8 Å². The molecule has 2 aromatic carbocycles. The summed E-state index contributed by atoms with van der Waals surface area (Å²) in [6, 6.07) is 11.2. The van der Waals surface area contributed by atoms with E-state index in [2.05, 4.69) is 0 Å². The van der Waals surface area contributed by atoms with Gasteiger partial charge < -0.3 is 9.64 Å². The number of sulfonamides is 2. The highest BCUT2D eigenvalue weighted by Gasteiger charge is 2.30. The highest BCUT2D eigenvalue weighted by Crippen LogP contribution is 2.32. The van der Waals surface area contributed by atoms with E-state index in [4.69, 9.17) is 4.74 Å². The lowest BCUT2D eigenvalue weighted by molar-refractivity contribution is -0.124. The Hall–Kier alpha value is -2.63. The zero-order valence-corrected chi connectivity index (χ0v) is 20.3. The lowest BCUT2D eigenvalue weighted by Gasteiger charge is -2.23. The summed E-state index contributed by atoms with van der Waals surface area (Å²) in [5.41, 5.74) is 1.95. The van der Waals surface area contributed by atoms with Gasteiger partial charge in [-0.05, 0) is 61.4 Å². The smallest absolute Gasteiger partial charge is 0.267 e. The fourth-order valence-electron chi connectivity index (χ4n) is 3.38. The quantitative estimate of drug-likeness (QED) is 0.596. The number of amides is 1. The molecule has 0 unspecified atom stereocenters. The molecule has 0 fully saturated rings. The molecule has 0 saturated heterocycles. The van der Waals surface area contributed by atoms with Crippen LogP contribution in [0, 0.1) is 0 Å². The third kappa shape index (κ3) is 4.74. The van der Waals surface area contributed by atoms with E-state index in [1.165, 1.54) is 27.2 Å². The van der Waals surface area contributed by atoms with Gasteiger partial charge in [0.15, 0.2) is 6.10 Å². The highest BCUT2D eigenvalue weighted by atomic mass is 32.2. The Kier molecular flexibility index (Phi) is 6.55. The van der Waals surface area contributed by atoms with Crippen LogP contribution in [-0.2, 0) is 31.3 Å². The van der Waals surface area contributed by atoms with Crippen molar-refractivity contribution < 1.29 is 26.4 Å². The second-order valence-corrected chi connectivity index (χ2v) is 12.0. The van der Waals surface area contributed by atoms with Crippen LogP contribution in [0.3, 0.4) is 0 Å². The number of benzene rings is 2. The molecule has 0 aliphatic carbocycles. The lowest BCUT2D eigenvalue weighted by atomic mass is 10.2. The molecule has 0 bridgehead atoms. The predicted molar refractivity (Wildman–Crippen MR) is 123 cm³/mol. The van der Waals surface area contributed by atoms with E-state index in [0.29, 0.717) is 30.1 Å². The monoisotopic (exact) mass is 481 g/mol. The Morgan fingerprint density at radius 1 is 1.03 bits per heavy atom. The number of hydrogen-bond donors (Lipinski definition) is 0. The molecule has 0 saturated carbocycles. The molecule has 3 rings (SSSR count). The largest absolute Gasteiger partial charge is 0.481 e. The van der Waals surface area contributed by atoms with Gasteiger partial charge in [0.2, 0.25) is 20.0 Å². The van der Waals surface area contributed by atoms with Crippen LogP contribution in [0.4, 0.5) is 11.4 Å². The number of carbonyl (C=O) groups is 1. The zero-order chi connectivity index (χ0) is 23.8. The average molecular weight is 482 g/mol. The van der Waals surface area contributed by atoms with Gasteiger partial charge in [-0.25, -0.2) is 21.1 Å². The summed E-state index contributed by atoms with van der Waals surface area (Å²) in [5, 5.41) is 0. The summed E-state index contributed by atoms with van der Waals surface area (Å²) in [7, 11) is -2.51. The molecule has 1 amide bonds. The molecular weight excluding hydrogens is 454 g/mol.